The molecule has 2 rings (SSSR count). The lowest BCUT2D eigenvalue weighted by Gasteiger charge is -2.27. The summed E-state index contributed by atoms with van der Waals surface area (Å²) in [7, 11) is -1.46. The van der Waals surface area contributed by atoms with Crippen molar-refractivity contribution < 1.29 is 5.11 Å². The summed E-state index contributed by atoms with van der Waals surface area (Å²) in [5.41, 5.74) is 1.38. The molecule has 0 aromatic carbocycles. The third kappa shape index (κ3) is 2.73. The SMILES string of the molecule is CCCC/C(CO)=C1\[C@@H]2CCCC[C@@H]2N[Si]1(C)C. The van der Waals surface area contributed by atoms with E-state index in [-0.39, 0.29) is 6.61 Å². The summed E-state index contributed by atoms with van der Waals surface area (Å²) >= 11 is 0. The van der Waals surface area contributed by atoms with E-state index in [4.69, 9.17) is 0 Å². The zero-order valence-electron chi connectivity index (χ0n) is 12.3. The molecule has 1 saturated heterocycles. The Morgan fingerprint density at radius 1 is 1.33 bits per heavy atom. The molecular weight excluding hydrogens is 238 g/mol. The van der Waals surface area contributed by atoms with E-state index in [9.17, 15) is 5.11 Å². The molecule has 2 aliphatic rings. The fourth-order valence-corrected chi connectivity index (χ4v) is 7.84. The Morgan fingerprint density at radius 3 is 2.72 bits per heavy atom. The summed E-state index contributed by atoms with van der Waals surface area (Å²) in [6, 6.07) is 0.721. The molecule has 2 atom stereocenters. The van der Waals surface area contributed by atoms with Gasteiger partial charge in [-0.3, -0.25) is 0 Å². The summed E-state index contributed by atoms with van der Waals surface area (Å²) in [5.74, 6) is 0.749. The Bertz CT molecular complexity index is 324. The lowest BCUT2D eigenvalue weighted by Crippen LogP contribution is -2.44. The summed E-state index contributed by atoms with van der Waals surface area (Å²) in [6.07, 6.45) is 9.01. The van der Waals surface area contributed by atoms with Crippen LogP contribution in [0.4, 0.5) is 0 Å². The lowest BCUT2D eigenvalue weighted by molar-refractivity contribution is 0.316. The zero-order valence-corrected chi connectivity index (χ0v) is 13.3. The normalized spacial score (nSPS) is 33.3. The number of fused-ring (bicyclic) bond motifs is 1. The van der Waals surface area contributed by atoms with Crippen molar-refractivity contribution >= 4 is 8.24 Å². The van der Waals surface area contributed by atoms with Gasteiger partial charge in [0.25, 0.3) is 0 Å². The molecule has 0 radical (unpaired) electrons. The van der Waals surface area contributed by atoms with Gasteiger partial charge in [0.2, 0.25) is 0 Å². The van der Waals surface area contributed by atoms with Crippen molar-refractivity contribution in [1.82, 2.24) is 4.98 Å². The van der Waals surface area contributed by atoms with Crippen LogP contribution in [-0.2, 0) is 0 Å². The van der Waals surface area contributed by atoms with Gasteiger partial charge in [0, 0.05) is 6.04 Å². The van der Waals surface area contributed by atoms with Crippen LogP contribution in [0.1, 0.15) is 51.9 Å². The molecule has 18 heavy (non-hydrogen) atoms. The minimum atomic E-state index is -1.46. The highest BCUT2D eigenvalue weighted by atomic mass is 28.3. The van der Waals surface area contributed by atoms with Gasteiger partial charge in [-0.05, 0) is 37.2 Å². The van der Waals surface area contributed by atoms with Gasteiger partial charge in [0.1, 0.15) is 8.24 Å². The number of rotatable bonds is 4. The van der Waals surface area contributed by atoms with E-state index in [2.05, 4.69) is 25.0 Å². The first-order valence-corrected chi connectivity index (χ1v) is 10.7. The van der Waals surface area contributed by atoms with Crippen LogP contribution in [0.2, 0.25) is 13.1 Å². The van der Waals surface area contributed by atoms with Gasteiger partial charge >= 0.3 is 0 Å². The molecule has 1 saturated carbocycles. The van der Waals surface area contributed by atoms with E-state index >= 15 is 0 Å². The highest BCUT2D eigenvalue weighted by molar-refractivity contribution is 6.83. The molecule has 2 nitrogen and oxygen atoms in total. The Morgan fingerprint density at radius 2 is 2.06 bits per heavy atom. The predicted molar refractivity (Wildman–Crippen MR) is 80.0 cm³/mol. The highest BCUT2D eigenvalue weighted by Gasteiger charge is 2.46. The van der Waals surface area contributed by atoms with Crippen LogP contribution in [0.5, 0.6) is 0 Å². The zero-order chi connectivity index (χ0) is 13.2. The van der Waals surface area contributed by atoms with Crippen molar-refractivity contribution in [3.8, 4) is 0 Å². The van der Waals surface area contributed by atoms with Crippen molar-refractivity contribution in [2.75, 3.05) is 6.61 Å². The minimum absolute atomic E-state index is 0.288. The number of unbranched alkanes of at least 4 members (excludes halogenated alkanes) is 1. The Kier molecular flexibility index (Phi) is 4.68. The first-order valence-electron chi connectivity index (χ1n) is 7.71. The standard InChI is InChI=1S/C15H29NOSi/c1-4-5-8-12(11-17)15-13-9-6-7-10-14(13)16-18(15,2)3/h13-14,16-17H,4-11H2,1-3H3/b15-12-/t13-,14+/m1/s1. The number of hydrogen-bond acceptors (Lipinski definition) is 2. The van der Waals surface area contributed by atoms with Crippen molar-refractivity contribution in [3.05, 3.63) is 10.8 Å². The molecule has 3 heteroatoms. The second-order valence-electron chi connectivity index (χ2n) is 6.55. The predicted octanol–water partition coefficient (Wildman–Crippen LogP) is 3.37. The van der Waals surface area contributed by atoms with Crippen LogP contribution >= 0.6 is 0 Å². The molecule has 0 aromatic rings. The number of nitrogens with one attached hydrogen (secondary N) is 1. The molecule has 104 valence electrons. The van der Waals surface area contributed by atoms with E-state index in [0.717, 1.165) is 18.4 Å². The van der Waals surface area contributed by atoms with Crippen LogP contribution in [0.3, 0.4) is 0 Å². The quantitative estimate of drug-likeness (QED) is 0.766. The molecule has 0 amide bonds. The average molecular weight is 267 g/mol. The average Bonchev–Trinajstić information content (AvgIpc) is 2.61. The van der Waals surface area contributed by atoms with E-state index in [1.807, 2.05) is 0 Å². The van der Waals surface area contributed by atoms with Crippen LogP contribution in [0.15, 0.2) is 10.8 Å². The van der Waals surface area contributed by atoms with Crippen LogP contribution in [0, 0.1) is 5.92 Å². The Hall–Kier alpha value is -0.123. The minimum Gasteiger partial charge on any atom is -0.392 e. The van der Waals surface area contributed by atoms with Gasteiger partial charge in [0.05, 0.1) is 6.61 Å². The van der Waals surface area contributed by atoms with Gasteiger partial charge in [-0.25, -0.2) is 0 Å². The van der Waals surface area contributed by atoms with E-state index in [0.29, 0.717) is 0 Å². The second-order valence-corrected chi connectivity index (χ2v) is 10.6. The van der Waals surface area contributed by atoms with Gasteiger partial charge < -0.3 is 10.1 Å². The maximum atomic E-state index is 9.77. The van der Waals surface area contributed by atoms with Gasteiger partial charge in [0.15, 0.2) is 0 Å². The fourth-order valence-electron chi connectivity index (χ4n) is 4.05. The van der Waals surface area contributed by atoms with Crippen LogP contribution < -0.4 is 4.98 Å². The Labute approximate surface area is 113 Å². The van der Waals surface area contributed by atoms with E-state index < -0.39 is 8.24 Å². The molecule has 2 fully saturated rings. The first kappa shape index (κ1) is 14.3. The van der Waals surface area contributed by atoms with Crippen LogP contribution in [-0.4, -0.2) is 26.0 Å². The summed E-state index contributed by atoms with van der Waals surface area (Å²) in [6.45, 7) is 7.39. The molecule has 1 heterocycles. The first-order chi connectivity index (χ1) is 8.60. The van der Waals surface area contributed by atoms with E-state index in [1.54, 1.807) is 5.20 Å². The summed E-state index contributed by atoms with van der Waals surface area (Å²) in [4.78, 5) is 3.94. The monoisotopic (exact) mass is 267 g/mol. The second kappa shape index (κ2) is 5.89. The van der Waals surface area contributed by atoms with Crippen LogP contribution in [0.25, 0.3) is 0 Å². The Balaban J connectivity index is 2.28. The number of aliphatic hydroxyl groups excluding tert-OH is 1. The van der Waals surface area contributed by atoms with Crippen molar-refractivity contribution in [2.24, 2.45) is 5.92 Å². The van der Waals surface area contributed by atoms with Crippen molar-refractivity contribution in [1.29, 1.82) is 0 Å². The highest BCUT2D eigenvalue weighted by Crippen LogP contribution is 2.42. The number of aliphatic hydroxyl groups is 1. The third-order valence-electron chi connectivity index (χ3n) is 4.76. The topological polar surface area (TPSA) is 32.3 Å². The number of hydrogen-bond donors (Lipinski definition) is 2. The maximum absolute atomic E-state index is 9.77. The molecule has 0 unspecified atom stereocenters. The van der Waals surface area contributed by atoms with Crippen molar-refractivity contribution in [2.45, 2.75) is 71.0 Å². The molecule has 1 aliphatic carbocycles. The summed E-state index contributed by atoms with van der Waals surface area (Å²) in [5, 5.41) is 11.5. The van der Waals surface area contributed by atoms with Gasteiger partial charge in [-0.2, -0.15) is 0 Å². The molecule has 2 N–H and O–H groups in total. The van der Waals surface area contributed by atoms with E-state index in [1.165, 1.54) is 44.1 Å². The maximum Gasteiger partial charge on any atom is 0.148 e. The fraction of sp³-hybridized carbons (Fsp3) is 0.867. The molecule has 0 bridgehead atoms. The largest absolute Gasteiger partial charge is 0.392 e. The van der Waals surface area contributed by atoms with Gasteiger partial charge in [-0.1, -0.05) is 44.5 Å². The lowest BCUT2D eigenvalue weighted by atomic mass is 9.83. The molecule has 0 aromatic heterocycles. The smallest absolute Gasteiger partial charge is 0.148 e. The van der Waals surface area contributed by atoms with Gasteiger partial charge in [-0.15, -0.1) is 0 Å². The molecule has 1 aliphatic heterocycles. The molecule has 0 spiro atoms. The molecular formula is C15H29NOSi. The third-order valence-corrected chi connectivity index (χ3v) is 7.92. The van der Waals surface area contributed by atoms with Crippen molar-refractivity contribution in [3.63, 3.8) is 0 Å². The summed E-state index contributed by atoms with van der Waals surface area (Å²) < 4.78 is 0.